The van der Waals surface area contributed by atoms with Crippen LogP contribution in [0.15, 0.2) is 33.7 Å². The maximum Gasteiger partial charge on any atom is 0.256 e. The van der Waals surface area contributed by atoms with E-state index in [4.69, 9.17) is 11.6 Å². The van der Waals surface area contributed by atoms with Crippen molar-refractivity contribution in [1.29, 1.82) is 5.26 Å². The number of carbonyl (C=O) groups is 1. The third kappa shape index (κ3) is 3.77. The number of hydrogen-bond donors (Lipinski definition) is 0. The van der Waals surface area contributed by atoms with Gasteiger partial charge in [0, 0.05) is 23.6 Å². The molecule has 3 rings (SSSR count). The van der Waals surface area contributed by atoms with Crippen molar-refractivity contribution >= 4 is 44.3 Å². The molecule has 0 fully saturated rings. The number of rotatable bonds is 5. The first-order valence-electron chi connectivity index (χ1n) is 8.81. The number of nitrogens with zero attached hydrogens (tertiary/aromatic N) is 4. The molecule has 0 bridgehead atoms. The summed E-state index contributed by atoms with van der Waals surface area (Å²) in [5, 5.41) is 9.89. The topological polar surface area (TPSA) is 63.1 Å². The zero-order chi connectivity index (χ0) is 22.2. The molecule has 1 aromatic heterocycles. The number of alkyl halides is 2. The summed E-state index contributed by atoms with van der Waals surface area (Å²) in [5.41, 5.74) is 0.629. The number of aromatic nitrogens is 2. The average Bonchev–Trinajstić information content (AvgIpc) is 2.93. The lowest BCUT2D eigenvalue weighted by Crippen LogP contribution is -2.27. The lowest BCUT2D eigenvalue weighted by atomic mass is 9.97. The molecule has 0 spiro atoms. The fourth-order valence-electron chi connectivity index (χ4n) is 3.35. The van der Waals surface area contributed by atoms with Crippen LogP contribution in [0.2, 0.25) is 5.02 Å². The highest BCUT2D eigenvalue weighted by atomic mass is 79.9. The van der Waals surface area contributed by atoms with E-state index in [1.54, 1.807) is 14.0 Å². The second-order valence-electron chi connectivity index (χ2n) is 6.38. The van der Waals surface area contributed by atoms with Crippen LogP contribution < -0.4 is 5.62 Å². The minimum Gasteiger partial charge on any atom is -0.312 e. The average molecular weight is 500 g/mol. The Morgan fingerprint density at radius 1 is 1.37 bits per heavy atom. The molecule has 2 aromatic carbocycles. The van der Waals surface area contributed by atoms with Crippen molar-refractivity contribution in [3.05, 3.63) is 61.9 Å². The molecule has 0 saturated heterocycles. The standard InChI is InChI=1S/C20H15BrClF3N4O/c1-3-27-20-28(2)18-12(8-26)17(13(21)7-15(18)29(20)9-16(24)25)19(30)11-6-10(23)4-5-14(11)22/h4-7,16H,3,9H2,1-2H3. The molecule has 0 aliphatic heterocycles. The van der Waals surface area contributed by atoms with Gasteiger partial charge in [0.25, 0.3) is 6.43 Å². The lowest BCUT2D eigenvalue weighted by Gasteiger charge is -2.11. The first-order valence-corrected chi connectivity index (χ1v) is 9.98. The second-order valence-corrected chi connectivity index (χ2v) is 7.64. The van der Waals surface area contributed by atoms with Gasteiger partial charge < -0.3 is 9.13 Å². The van der Waals surface area contributed by atoms with Crippen LogP contribution in [0.3, 0.4) is 0 Å². The third-order valence-electron chi connectivity index (χ3n) is 4.53. The van der Waals surface area contributed by atoms with E-state index in [2.05, 4.69) is 20.9 Å². The summed E-state index contributed by atoms with van der Waals surface area (Å²) >= 11 is 9.35. The van der Waals surface area contributed by atoms with E-state index in [1.807, 2.05) is 6.07 Å². The van der Waals surface area contributed by atoms with E-state index in [1.165, 1.54) is 21.3 Å². The Hall–Kier alpha value is -2.57. The molecule has 5 nitrogen and oxygen atoms in total. The molecule has 0 aliphatic carbocycles. The van der Waals surface area contributed by atoms with Gasteiger partial charge in [-0.25, -0.2) is 13.2 Å². The molecule has 0 unspecified atom stereocenters. The Labute approximate surface area is 183 Å². The monoisotopic (exact) mass is 498 g/mol. The predicted molar refractivity (Wildman–Crippen MR) is 110 cm³/mol. The van der Waals surface area contributed by atoms with E-state index in [0.29, 0.717) is 12.1 Å². The van der Waals surface area contributed by atoms with Crippen LogP contribution in [-0.4, -0.2) is 27.9 Å². The number of carbonyl (C=O) groups excluding carboxylic acids is 1. The zero-order valence-electron chi connectivity index (χ0n) is 15.9. The van der Waals surface area contributed by atoms with Gasteiger partial charge in [0.2, 0.25) is 5.62 Å². The van der Waals surface area contributed by atoms with Crippen LogP contribution in [0, 0.1) is 17.1 Å². The number of aryl methyl sites for hydroxylation is 1. The Morgan fingerprint density at radius 2 is 2.07 bits per heavy atom. The number of fused-ring (bicyclic) bond motifs is 1. The Balaban J connectivity index is 2.42. The van der Waals surface area contributed by atoms with Gasteiger partial charge in [0.1, 0.15) is 11.9 Å². The highest BCUT2D eigenvalue weighted by Crippen LogP contribution is 2.32. The van der Waals surface area contributed by atoms with Crippen molar-refractivity contribution in [1.82, 2.24) is 9.13 Å². The summed E-state index contributed by atoms with van der Waals surface area (Å²) < 4.78 is 43.1. The molecule has 0 N–H and O–H groups in total. The van der Waals surface area contributed by atoms with Gasteiger partial charge in [0.15, 0.2) is 5.78 Å². The van der Waals surface area contributed by atoms with Gasteiger partial charge >= 0.3 is 0 Å². The number of benzene rings is 2. The number of nitriles is 1. The van der Waals surface area contributed by atoms with Crippen LogP contribution in [0.5, 0.6) is 0 Å². The molecule has 0 saturated carbocycles. The van der Waals surface area contributed by atoms with E-state index >= 15 is 0 Å². The molecule has 1 heterocycles. The molecule has 156 valence electrons. The van der Waals surface area contributed by atoms with Crippen molar-refractivity contribution in [3.63, 3.8) is 0 Å². The summed E-state index contributed by atoms with van der Waals surface area (Å²) in [5.74, 6) is -1.32. The second kappa shape index (κ2) is 8.66. The number of imidazole rings is 1. The summed E-state index contributed by atoms with van der Waals surface area (Å²) in [6.45, 7) is 1.46. The maximum absolute atomic E-state index is 13.7. The van der Waals surface area contributed by atoms with Crippen LogP contribution in [0.4, 0.5) is 13.2 Å². The minimum atomic E-state index is -2.65. The van der Waals surface area contributed by atoms with E-state index in [0.717, 1.165) is 12.1 Å². The van der Waals surface area contributed by atoms with Crippen LogP contribution in [0.1, 0.15) is 28.4 Å². The third-order valence-corrected chi connectivity index (χ3v) is 5.49. The molecule has 0 radical (unpaired) electrons. The first kappa shape index (κ1) is 22.1. The molecule has 10 heteroatoms. The van der Waals surface area contributed by atoms with Crippen LogP contribution in [-0.2, 0) is 13.6 Å². The Morgan fingerprint density at radius 3 is 2.67 bits per heavy atom. The summed E-state index contributed by atoms with van der Waals surface area (Å²) in [6, 6.07) is 6.82. The van der Waals surface area contributed by atoms with E-state index in [9.17, 15) is 23.2 Å². The molecule has 30 heavy (non-hydrogen) atoms. The van der Waals surface area contributed by atoms with Crippen molar-refractivity contribution in [2.45, 2.75) is 19.9 Å². The fraction of sp³-hybridized carbons (Fsp3) is 0.250. The highest BCUT2D eigenvalue weighted by molar-refractivity contribution is 9.10. The number of ketones is 1. The smallest absolute Gasteiger partial charge is 0.256 e. The molecular weight excluding hydrogens is 485 g/mol. The van der Waals surface area contributed by atoms with E-state index < -0.39 is 24.6 Å². The summed E-state index contributed by atoms with van der Waals surface area (Å²) in [6.07, 6.45) is -2.65. The Kier molecular flexibility index (Phi) is 6.38. The van der Waals surface area contributed by atoms with Crippen LogP contribution >= 0.6 is 27.5 Å². The van der Waals surface area contributed by atoms with Crippen molar-refractivity contribution in [2.75, 3.05) is 6.54 Å². The van der Waals surface area contributed by atoms with Crippen molar-refractivity contribution < 1.29 is 18.0 Å². The SMILES string of the molecule is CCN=c1n(C)c2c(C#N)c(C(=O)c3cc(F)ccc3Cl)c(Br)cc2n1CC(F)F. The van der Waals surface area contributed by atoms with Gasteiger partial charge in [-0.1, -0.05) is 11.6 Å². The predicted octanol–water partition coefficient (Wildman–Crippen LogP) is 4.82. The quantitative estimate of drug-likeness (QED) is 0.473. The number of hydrogen-bond acceptors (Lipinski definition) is 3. The molecule has 0 aliphatic rings. The molecule has 0 amide bonds. The lowest BCUT2D eigenvalue weighted by molar-refractivity contribution is 0.103. The zero-order valence-corrected chi connectivity index (χ0v) is 18.2. The highest BCUT2D eigenvalue weighted by Gasteiger charge is 2.26. The summed E-state index contributed by atoms with van der Waals surface area (Å²) in [7, 11) is 1.58. The van der Waals surface area contributed by atoms with Crippen LogP contribution in [0.25, 0.3) is 11.0 Å². The van der Waals surface area contributed by atoms with Crippen molar-refractivity contribution in [3.8, 4) is 6.07 Å². The van der Waals surface area contributed by atoms with Crippen molar-refractivity contribution in [2.24, 2.45) is 12.0 Å². The van der Waals surface area contributed by atoms with E-state index in [-0.39, 0.29) is 37.3 Å². The number of halogens is 5. The Bertz CT molecular complexity index is 1270. The summed E-state index contributed by atoms with van der Waals surface area (Å²) in [4.78, 5) is 17.5. The minimum absolute atomic E-state index is 0.0265. The maximum atomic E-state index is 13.7. The molecule has 0 atom stereocenters. The molecular formula is C20H15BrClF3N4O. The van der Waals surface area contributed by atoms with Gasteiger partial charge in [0.05, 0.1) is 33.7 Å². The largest absolute Gasteiger partial charge is 0.312 e. The van der Waals surface area contributed by atoms with Gasteiger partial charge in [-0.2, -0.15) is 5.26 Å². The molecule has 3 aromatic rings. The van der Waals surface area contributed by atoms with Gasteiger partial charge in [-0.05, 0) is 47.1 Å². The first-order chi connectivity index (χ1) is 14.2. The van der Waals surface area contributed by atoms with Gasteiger partial charge in [-0.15, -0.1) is 0 Å². The normalized spacial score (nSPS) is 12.0. The fourth-order valence-corrected chi connectivity index (χ4v) is 4.15. The van der Waals surface area contributed by atoms with Gasteiger partial charge in [-0.3, -0.25) is 9.79 Å².